The van der Waals surface area contributed by atoms with E-state index in [0.717, 1.165) is 25.2 Å². The summed E-state index contributed by atoms with van der Waals surface area (Å²) in [6, 6.07) is 2.15. The number of aryl methyl sites for hydroxylation is 1. The molecule has 1 aromatic rings. The van der Waals surface area contributed by atoms with E-state index in [9.17, 15) is 0 Å². The van der Waals surface area contributed by atoms with E-state index in [0.29, 0.717) is 5.92 Å². The van der Waals surface area contributed by atoms with Crippen molar-refractivity contribution in [2.45, 2.75) is 32.1 Å². The van der Waals surface area contributed by atoms with Gasteiger partial charge >= 0.3 is 0 Å². The fraction of sp³-hybridized carbons (Fsp3) is 0.636. The molecule has 1 saturated heterocycles. The van der Waals surface area contributed by atoms with Crippen molar-refractivity contribution >= 4 is 0 Å². The summed E-state index contributed by atoms with van der Waals surface area (Å²) >= 11 is 0. The van der Waals surface area contributed by atoms with E-state index in [1.165, 1.54) is 18.5 Å². The molecular formula is C11H17N3. The molecule has 2 heterocycles. The summed E-state index contributed by atoms with van der Waals surface area (Å²) in [5.41, 5.74) is 2.37. The molecule has 0 spiro atoms. The van der Waals surface area contributed by atoms with Gasteiger partial charge in [-0.1, -0.05) is 6.92 Å². The van der Waals surface area contributed by atoms with E-state index in [1.807, 2.05) is 0 Å². The molecule has 14 heavy (non-hydrogen) atoms. The second kappa shape index (κ2) is 4.51. The van der Waals surface area contributed by atoms with Crippen LogP contribution in [0.1, 0.15) is 37.1 Å². The normalized spacial score (nSPS) is 22.2. The molecule has 1 atom stereocenters. The lowest BCUT2D eigenvalue weighted by molar-refractivity contribution is 0.454. The molecule has 0 aromatic carbocycles. The average Bonchev–Trinajstić information content (AvgIpc) is 2.30. The van der Waals surface area contributed by atoms with Gasteiger partial charge in [-0.3, -0.25) is 0 Å². The van der Waals surface area contributed by atoms with Crippen LogP contribution >= 0.6 is 0 Å². The Morgan fingerprint density at radius 2 is 2.43 bits per heavy atom. The molecule has 0 bridgehead atoms. The van der Waals surface area contributed by atoms with E-state index in [4.69, 9.17) is 0 Å². The highest BCUT2D eigenvalue weighted by Crippen LogP contribution is 2.21. The number of hydrogen-bond acceptors (Lipinski definition) is 3. The molecule has 3 heteroatoms. The van der Waals surface area contributed by atoms with E-state index < -0.39 is 0 Å². The van der Waals surface area contributed by atoms with Crippen molar-refractivity contribution in [3.8, 4) is 0 Å². The minimum atomic E-state index is 0.594. The van der Waals surface area contributed by atoms with Gasteiger partial charge in [0.05, 0.1) is 0 Å². The zero-order chi connectivity index (χ0) is 9.80. The molecule has 76 valence electrons. The Hall–Kier alpha value is -0.960. The van der Waals surface area contributed by atoms with Crippen molar-refractivity contribution in [2.24, 2.45) is 0 Å². The van der Waals surface area contributed by atoms with Crippen LogP contribution in [0.15, 0.2) is 12.4 Å². The van der Waals surface area contributed by atoms with Crippen LogP contribution in [0.3, 0.4) is 0 Å². The van der Waals surface area contributed by atoms with Crippen molar-refractivity contribution in [3.05, 3.63) is 23.8 Å². The predicted molar refractivity (Wildman–Crippen MR) is 56.3 cm³/mol. The molecule has 0 radical (unpaired) electrons. The molecule has 1 N–H and O–H groups in total. The van der Waals surface area contributed by atoms with Crippen LogP contribution in [0.5, 0.6) is 0 Å². The standard InChI is InChI=1S/C11H17N3/c1-2-10-6-11(14-8-13-10)9-4-3-5-12-7-9/h6,8-9,12H,2-5,7H2,1H3. The molecule has 1 aliphatic rings. The molecule has 1 fully saturated rings. The zero-order valence-corrected chi connectivity index (χ0v) is 8.66. The SMILES string of the molecule is CCc1cc(C2CCCNC2)ncn1. The Labute approximate surface area is 85.0 Å². The van der Waals surface area contributed by atoms with Gasteiger partial charge in [-0.2, -0.15) is 0 Å². The Morgan fingerprint density at radius 1 is 1.50 bits per heavy atom. The lowest BCUT2D eigenvalue weighted by Crippen LogP contribution is -2.28. The van der Waals surface area contributed by atoms with E-state index in [-0.39, 0.29) is 0 Å². The third-order valence-electron chi connectivity index (χ3n) is 2.82. The van der Waals surface area contributed by atoms with Gasteiger partial charge in [0.1, 0.15) is 6.33 Å². The molecule has 0 saturated carbocycles. The molecule has 0 aliphatic carbocycles. The second-order valence-electron chi connectivity index (χ2n) is 3.83. The molecule has 1 unspecified atom stereocenters. The van der Waals surface area contributed by atoms with Crippen LogP contribution in [-0.4, -0.2) is 23.1 Å². The first-order valence-corrected chi connectivity index (χ1v) is 5.41. The Morgan fingerprint density at radius 3 is 3.14 bits per heavy atom. The Bertz CT molecular complexity index is 292. The van der Waals surface area contributed by atoms with E-state index in [2.05, 4.69) is 28.3 Å². The maximum Gasteiger partial charge on any atom is 0.115 e. The molecular weight excluding hydrogens is 174 g/mol. The van der Waals surface area contributed by atoms with Crippen molar-refractivity contribution < 1.29 is 0 Å². The van der Waals surface area contributed by atoms with Crippen LogP contribution in [0.4, 0.5) is 0 Å². The molecule has 1 aromatic heterocycles. The first-order valence-electron chi connectivity index (χ1n) is 5.41. The van der Waals surface area contributed by atoms with E-state index in [1.54, 1.807) is 6.33 Å². The lowest BCUT2D eigenvalue weighted by Gasteiger charge is -2.22. The summed E-state index contributed by atoms with van der Waals surface area (Å²) in [7, 11) is 0. The van der Waals surface area contributed by atoms with Crippen molar-refractivity contribution in [2.75, 3.05) is 13.1 Å². The Balaban J connectivity index is 2.13. The third kappa shape index (κ3) is 2.10. The summed E-state index contributed by atoms with van der Waals surface area (Å²) in [5, 5.41) is 3.41. The summed E-state index contributed by atoms with van der Waals surface area (Å²) in [5.74, 6) is 0.594. The highest BCUT2D eigenvalue weighted by Gasteiger charge is 2.16. The first-order chi connectivity index (χ1) is 6.90. The van der Waals surface area contributed by atoms with Crippen LogP contribution < -0.4 is 5.32 Å². The highest BCUT2D eigenvalue weighted by molar-refractivity contribution is 5.13. The number of piperidine rings is 1. The van der Waals surface area contributed by atoms with Gasteiger partial charge in [-0.15, -0.1) is 0 Å². The van der Waals surface area contributed by atoms with Crippen LogP contribution in [0.2, 0.25) is 0 Å². The number of nitrogens with one attached hydrogen (secondary N) is 1. The molecule has 2 rings (SSSR count). The predicted octanol–water partition coefficient (Wildman–Crippen LogP) is 1.51. The monoisotopic (exact) mass is 191 g/mol. The summed E-state index contributed by atoms with van der Waals surface area (Å²) < 4.78 is 0. The van der Waals surface area contributed by atoms with Gasteiger partial charge in [-0.25, -0.2) is 9.97 Å². The van der Waals surface area contributed by atoms with Crippen LogP contribution in [0.25, 0.3) is 0 Å². The zero-order valence-electron chi connectivity index (χ0n) is 8.66. The van der Waals surface area contributed by atoms with Gasteiger partial charge in [-0.05, 0) is 31.9 Å². The summed E-state index contributed by atoms with van der Waals surface area (Å²) in [6.45, 7) is 4.35. The van der Waals surface area contributed by atoms with Gasteiger partial charge in [0.25, 0.3) is 0 Å². The van der Waals surface area contributed by atoms with Gasteiger partial charge in [0, 0.05) is 23.9 Å². The van der Waals surface area contributed by atoms with Crippen molar-refractivity contribution in [1.82, 2.24) is 15.3 Å². The topological polar surface area (TPSA) is 37.8 Å². The largest absolute Gasteiger partial charge is 0.316 e. The summed E-state index contributed by atoms with van der Waals surface area (Å²) in [6.07, 6.45) is 5.21. The third-order valence-corrected chi connectivity index (χ3v) is 2.82. The number of nitrogens with zero attached hydrogens (tertiary/aromatic N) is 2. The van der Waals surface area contributed by atoms with Crippen molar-refractivity contribution in [1.29, 1.82) is 0 Å². The molecule has 3 nitrogen and oxygen atoms in total. The van der Waals surface area contributed by atoms with Gasteiger partial charge in [0.15, 0.2) is 0 Å². The Kier molecular flexibility index (Phi) is 3.09. The van der Waals surface area contributed by atoms with E-state index >= 15 is 0 Å². The number of rotatable bonds is 2. The minimum Gasteiger partial charge on any atom is -0.316 e. The minimum absolute atomic E-state index is 0.594. The average molecular weight is 191 g/mol. The second-order valence-corrected chi connectivity index (χ2v) is 3.83. The highest BCUT2D eigenvalue weighted by atomic mass is 14.9. The molecule has 1 aliphatic heterocycles. The van der Waals surface area contributed by atoms with Crippen LogP contribution in [-0.2, 0) is 6.42 Å². The lowest BCUT2D eigenvalue weighted by atomic mass is 9.95. The number of hydrogen-bond donors (Lipinski definition) is 1. The van der Waals surface area contributed by atoms with Gasteiger partial charge < -0.3 is 5.32 Å². The maximum absolute atomic E-state index is 4.36. The fourth-order valence-corrected chi connectivity index (χ4v) is 1.94. The quantitative estimate of drug-likeness (QED) is 0.770. The van der Waals surface area contributed by atoms with Crippen LogP contribution in [0, 0.1) is 0 Å². The fourth-order valence-electron chi connectivity index (χ4n) is 1.94. The smallest absolute Gasteiger partial charge is 0.115 e. The first kappa shape index (κ1) is 9.59. The van der Waals surface area contributed by atoms with Crippen molar-refractivity contribution in [3.63, 3.8) is 0 Å². The van der Waals surface area contributed by atoms with Gasteiger partial charge in [0.2, 0.25) is 0 Å². The maximum atomic E-state index is 4.36. The number of aromatic nitrogens is 2. The summed E-state index contributed by atoms with van der Waals surface area (Å²) in [4.78, 5) is 8.58. The molecule has 0 amide bonds.